The average Bonchev–Trinajstić information content (AvgIpc) is 2.46. The lowest BCUT2D eigenvalue weighted by Gasteiger charge is -2.36. The molecule has 0 heterocycles. The zero-order valence-electron chi connectivity index (χ0n) is 11.4. The monoisotopic (exact) mass is 236 g/mol. The molecule has 1 N–H and O–H groups in total. The van der Waals surface area contributed by atoms with Crippen molar-refractivity contribution < 1.29 is 9.90 Å². The Labute approximate surface area is 104 Å². The third kappa shape index (κ3) is 2.20. The summed E-state index contributed by atoms with van der Waals surface area (Å²) in [6.45, 7) is 7.97. The maximum absolute atomic E-state index is 12.0. The van der Waals surface area contributed by atoms with Crippen molar-refractivity contribution in [3.05, 3.63) is 11.6 Å². The lowest BCUT2D eigenvalue weighted by molar-refractivity contribution is -0.118. The molecule has 96 valence electrons. The van der Waals surface area contributed by atoms with Crippen LogP contribution in [0.1, 0.15) is 53.4 Å². The molecule has 3 atom stereocenters. The smallest absolute Gasteiger partial charge is 0.158 e. The van der Waals surface area contributed by atoms with Crippen molar-refractivity contribution in [1.29, 1.82) is 0 Å². The Bertz CT molecular complexity index is 362. The molecule has 0 aliphatic heterocycles. The maximum atomic E-state index is 12.0. The van der Waals surface area contributed by atoms with Crippen LogP contribution < -0.4 is 0 Å². The van der Waals surface area contributed by atoms with Gasteiger partial charge in [0.25, 0.3) is 0 Å². The number of allylic oxidation sites excluding steroid dienone is 2. The van der Waals surface area contributed by atoms with Gasteiger partial charge in [-0.15, -0.1) is 0 Å². The van der Waals surface area contributed by atoms with Gasteiger partial charge in [0.2, 0.25) is 0 Å². The lowest BCUT2D eigenvalue weighted by Crippen LogP contribution is -2.37. The molecule has 0 amide bonds. The Morgan fingerprint density at radius 3 is 2.71 bits per heavy atom. The first kappa shape index (κ1) is 12.8. The summed E-state index contributed by atoms with van der Waals surface area (Å²) >= 11 is 0. The topological polar surface area (TPSA) is 37.3 Å². The fourth-order valence-electron chi connectivity index (χ4n) is 3.80. The van der Waals surface area contributed by atoms with Crippen LogP contribution >= 0.6 is 0 Å². The molecule has 2 aliphatic rings. The number of carbonyl (C=O) groups excluding carboxylic acids is 1. The molecule has 17 heavy (non-hydrogen) atoms. The predicted octanol–water partition coefficient (Wildman–Crippen LogP) is 3.10. The highest BCUT2D eigenvalue weighted by atomic mass is 16.3. The van der Waals surface area contributed by atoms with E-state index in [4.69, 9.17) is 0 Å². The Kier molecular flexibility index (Phi) is 2.97. The number of hydrogen-bond acceptors (Lipinski definition) is 2. The average molecular weight is 236 g/mol. The molecule has 2 heteroatoms. The van der Waals surface area contributed by atoms with Gasteiger partial charge in [-0.05, 0) is 62.9 Å². The van der Waals surface area contributed by atoms with Gasteiger partial charge in [0, 0.05) is 6.42 Å². The Balaban J connectivity index is 2.31. The quantitative estimate of drug-likeness (QED) is 0.759. The summed E-state index contributed by atoms with van der Waals surface area (Å²) < 4.78 is 0. The van der Waals surface area contributed by atoms with E-state index in [1.807, 2.05) is 20.8 Å². The molecule has 1 fully saturated rings. The first-order valence-corrected chi connectivity index (χ1v) is 6.66. The van der Waals surface area contributed by atoms with Crippen LogP contribution in [0.2, 0.25) is 0 Å². The van der Waals surface area contributed by atoms with Gasteiger partial charge in [-0.3, -0.25) is 4.79 Å². The molecule has 0 bridgehead atoms. The van der Waals surface area contributed by atoms with E-state index in [9.17, 15) is 9.90 Å². The summed E-state index contributed by atoms with van der Waals surface area (Å²) in [7, 11) is 0. The maximum Gasteiger partial charge on any atom is 0.158 e. The van der Waals surface area contributed by atoms with Crippen molar-refractivity contribution in [2.75, 3.05) is 0 Å². The summed E-state index contributed by atoms with van der Waals surface area (Å²) in [5, 5.41) is 10.3. The van der Waals surface area contributed by atoms with E-state index >= 15 is 0 Å². The second-order valence-corrected chi connectivity index (χ2v) is 6.78. The largest absolute Gasteiger partial charge is 0.390 e. The van der Waals surface area contributed by atoms with E-state index in [2.05, 4.69) is 13.0 Å². The molecular formula is C15H24O2. The molecule has 0 unspecified atom stereocenters. The van der Waals surface area contributed by atoms with E-state index in [0.717, 1.165) is 24.8 Å². The molecule has 1 saturated carbocycles. The minimum Gasteiger partial charge on any atom is -0.390 e. The van der Waals surface area contributed by atoms with E-state index in [1.165, 1.54) is 0 Å². The van der Waals surface area contributed by atoms with Crippen LogP contribution in [-0.2, 0) is 4.79 Å². The van der Waals surface area contributed by atoms with Gasteiger partial charge in [0.05, 0.1) is 5.60 Å². The molecule has 0 radical (unpaired) electrons. The number of Topliss-reactive ketones (excluding diaryl/α,β-unsaturated/α-hetero) is 1. The van der Waals surface area contributed by atoms with Gasteiger partial charge >= 0.3 is 0 Å². The number of aliphatic hydroxyl groups is 1. The number of ketones is 1. The van der Waals surface area contributed by atoms with Gasteiger partial charge in [0.1, 0.15) is 0 Å². The van der Waals surface area contributed by atoms with E-state index in [1.54, 1.807) is 0 Å². The van der Waals surface area contributed by atoms with Crippen LogP contribution in [0.4, 0.5) is 0 Å². The van der Waals surface area contributed by atoms with Crippen LogP contribution in [0.3, 0.4) is 0 Å². The number of rotatable bonds is 1. The van der Waals surface area contributed by atoms with Gasteiger partial charge in [-0.25, -0.2) is 0 Å². The Hall–Kier alpha value is -0.630. The van der Waals surface area contributed by atoms with Gasteiger partial charge in [0.15, 0.2) is 5.78 Å². The van der Waals surface area contributed by atoms with Crippen molar-refractivity contribution in [2.24, 2.45) is 17.3 Å². The normalized spacial score (nSPS) is 38.6. The standard InChI is InChI=1S/C15H24O2/c1-10-5-6-12-11(14(2,3)17)7-8-15(12,4)9-13(10)16/h5,11-12,17H,6-9H2,1-4H3/t11-,12+,15-/m0/s1. The fourth-order valence-corrected chi connectivity index (χ4v) is 3.80. The minimum absolute atomic E-state index is 0.0933. The van der Waals surface area contributed by atoms with Crippen LogP contribution in [0, 0.1) is 17.3 Å². The van der Waals surface area contributed by atoms with Gasteiger partial charge in [-0.2, -0.15) is 0 Å². The zero-order chi connectivity index (χ0) is 12.8. The summed E-state index contributed by atoms with van der Waals surface area (Å²) in [5.41, 5.74) is 0.378. The van der Waals surface area contributed by atoms with E-state index in [0.29, 0.717) is 24.0 Å². The predicted molar refractivity (Wildman–Crippen MR) is 68.6 cm³/mol. The Morgan fingerprint density at radius 2 is 2.12 bits per heavy atom. The third-order valence-electron chi connectivity index (χ3n) is 5.00. The second kappa shape index (κ2) is 3.94. The van der Waals surface area contributed by atoms with Crippen LogP contribution in [0.5, 0.6) is 0 Å². The highest BCUT2D eigenvalue weighted by molar-refractivity contribution is 5.95. The van der Waals surface area contributed by atoms with Crippen molar-refractivity contribution in [3.8, 4) is 0 Å². The molecule has 2 nitrogen and oxygen atoms in total. The highest BCUT2D eigenvalue weighted by Crippen LogP contribution is 2.55. The SMILES string of the molecule is CC1=CC[C@@H]2[C@@H](C(C)(C)O)CC[C@@]2(C)CC1=O. The zero-order valence-corrected chi connectivity index (χ0v) is 11.4. The molecule has 2 aliphatic carbocycles. The number of fused-ring (bicyclic) bond motifs is 1. The van der Waals surface area contributed by atoms with Gasteiger partial charge in [-0.1, -0.05) is 13.0 Å². The van der Waals surface area contributed by atoms with Crippen molar-refractivity contribution >= 4 is 5.78 Å². The Morgan fingerprint density at radius 1 is 1.47 bits per heavy atom. The summed E-state index contributed by atoms with van der Waals surface area (Å²) in [6.07, 6.45) is 5.81. The number of hydrogen-bond donors (Lipinski definition) is 1. The first-order chi connectivity index (χ1) is 7.74. The first-order valence-electron chi connectivity index (χ1n) is 6.66. The summed E-state index contributed by atoms with van der Waals surface area (Å²) in [5.74, 6) is 1.07. The minimum atomic E-state index is -0.627. The van der Waals surface area contributed by atoms with Crippen LogP contribution in [0.15, 0.2) is 11.6 Å². The van der Waals surface area contributed by atoms with Crippen LogP contribution in [0.25, 0.3) is 0 Å². The lowest BCUT2D eigenvalue weighted by atomic mass is 9.70. The van der Waals surface area contributed by atoms with Crippen molar-refractivity contribution in [1.82, 2.24) is 0 Å². The molecule has 0 saturated heterocycles. The van der Waals surface area contributed by atoms with E-state index < -0.39 is 5.60 Å². The summed E-state index contributed by atoms with van der Waals surface area (Å²) in [6, 6.07) is 0. The highest BCUT2D eigenvalue weighted by Gasteiger charge is 2.50. The molecule has 0 aromatic heterocycles. The number of carbonyl (C=O) groups is 1. The summed E-state index contributed by atoms with van der Waals surface area (Å²) in [4.78, 5) is 12.0. The van der Waals surface area contributed by atoms with Gasteiger partial charge < -0.3 is 5.11 Å². The molecule has 0 spiro atoms. The third-order valence-corrected chi connectivity index (χ3v) is 5.00. The molecule has 0 aromatic rings. The van der Waals surface area contributed by atoms with Crippen molar-refractivity contribution in [2.45, 2.75) is 59.0 Å². The fraction of sp³-hybridized carbons (Fsp3) is 0.800. The molecular weight excluding hydrogens is 212 g/mol. The molecule has 2 rings (SSSR count). The second-order valence-electron chi connectivity index (χ2n) is 6.78. The van der Waals surface area contributed by atoms with Crippen molar-refractivity contribution in [3.63, 3.8) is 0 Å². The van der Waals surface area contributed by atoms with Crippen LogP contribution in [-0.4, -0.2) is 16.5 Å². The molecule has 0 aromatic carbocycles. The van der Waals surface area contributed by atoms with E-state index in [-0.39, 0.29) is 5.41 Å².